The molecule has 0 saturated carbocycles. The third-order valence-corrected chi connectivity index (χ3v) is 8.18. The van der Waals surface area contributed by atoms with Gasteiger partial charge in [-0.3, -0.25) is 9.59 Å². The Morgan fingerprint density at radius 3 is 2.21 bits per heavy atom. The van der Waals surface area contributed by atoms with Crippen LogP contribution in [0, 0.1) is 6.92 Å². The molecule has 0 radical (unpaired) electrons. The summed E-state index contributed by atoms with van der Waals surface area (Å²) in [6.07, 6.45) is 7.20. The zero-order valence-corrected chi connectivity index (χ0v) is 27.9. The highest BCUT2D eigenvalue weighted by Crippen LogP contribution is 2.31. The maximum atomic E-state index is 13.7. The summed E-state index contributed by atoms with van der Waals surface area (Å²) in [6, 6.07) is 19.9. The number of ketones is 1. The molecule has 1 atom stereocenters. The fourth-order valence-electron chi connectivity index (χ4n) is 5.63. The number of hydrogen-bond acceptors (Lipinski definition) is 6. The maximum absolute atomic E-state index is 13.7. The number of imidazole rings is 1. The molecule has 1 aliphatic heterocycles. The van der Waals surface area contributed by atoms with Crippen molar-refractivity contribution in [2.75, 3.05) is 13.7 Å². The lowest BCUT2D eigenvalue weighted by Crippen LogP contribution is -2.38. The molecule has 1 saturated heterocycles. The van der Waals surface area contributed by atoms with E-state index in [1.165, 1.54) is 0 Å². The van der Waals surface area contributed by atoms with Crippen LogP contribution in [0.5, 0.6) is 5.75 Å². The Morgan fingerprint density at radius 2 is 1.62 bits per heavy atom. The van der Waals surface area contributed by atoms with Crippen LogP contribution in [0.4, 0.5) is 0 Å². The fourth-order valence-corrected chi connectivity index (χ4v) is 5.63. The molecule has 1 fully saturated rings. The first-order chi connectivity index (χ1) is 22.3. The zero-order valence-electron chi connectivity index (χ0n) is 27.9. The van der Waals surface area contributed by atoms with E-state index in [1.807, 2.05) is 65.9 Å². The minimum atomic E-state index is -0.622. The van der Waals surface area contributed by atoms with Crippen molar-refractivity contribution >= 4 is 29.3 Å². The SMILES string of the molecule is C=C(C(=O)OC(C)(C)C)c1ccc(C(=O)c2ccc([C@H](C)N3CCC/C(=C\c4ccc(-n5cnc(C)c5)c(OC)c4)C3=O)cc2)cc1. The van der Waals surface area contributed by atoms with Gasteiger partial charge in [0.05, 0.1) is 36.4 Å². The average Bonchev–Trinajstić information content (AvgIpc) is 3.49. The summed E-state index contributed by atoms with van der Waals surface area (Å²) in [5, 5.41) is 0. The molecule has 47 heavy (non-hydrogen) atoms. The van der Waals surface area contributed by atoms with Gasteiger partial charge >= 0.3 is 5.97 Å². The topological polar surface area (TPSA) is 90.7 Å². The number of amides is 1. The van der Waals surface area contributed by atoms with Crippen LogP contribution in [-0.2, 0) is 14.3 Å². The van der Waals surface area contributed by atoms with Crippen LogP contribution < -0.4 is 4.74 Å². The number of hydrogen-bond donors (Lipinski definition) is 0. The van der Waals surface area contributed by atoms with Gasteiger partial charge in [0.1, 0.15) is 11.4 Å². The van der Waals surface area contributed by atoms with Crippen LogP contribution in [0.3, 0.4) is 0 Å². The van der Waals surface area contributed by atoms with E-state index in [9.17, 15) is 14.4 Å². The summed E-state index contributed by atoms with van der Waals surface area (Å²) in [6.45, 7) is 13.9. The van der Waals surface area contributed by atoms with Crippen molar-refractivity contribution in [3.8, 4) is 11.4 Å². The highest BCUT2D eigenvalue weighted by molar-refractivity contribution is 6.16. The number of piperidine rings is 1. The van der Waals surface area contributed by atoms with E-state index in [4.69, 9.17) is 9.47 Å². The number of methoxy groups -OCH3 is 1. The van der Waals surface area contributed by atoms with Crippen LogP contribution in [0.2, 0.25) is 0 Å². The number of nitrogens with zero attached hydrogens (tertiary/aromatic N) is 3. The molecule has 1 aliphatic rings. The molecule has 0 unspecified atom stereocenters. The quantitative estimate of drug-likeness (QED) is 0.108. The van der Waals surface area contributed by atoms with E-state index in [0.717, 1.165) is 34.5 Å². The van der Waals surface area contributed by atoms with Crippen LogP contribution in [0.25, 0.3) is 17.3 Å². The normalized spacial score (nSPS) is 15.0. The molecule has 1 aromatic heterocycles. The van der Waals surface area contributed by atoms with Gasteiger partial charge in [-0.2, -0.15) is 0 Å². The van der Waals surface area contributed by atoms with Crippen molar-refractivity contribution in [1.29, 1.82) is 0 Å². The van der Waals surface area contributed by atoms with Crippen LogP contribution in [-0.4, -0.2) is 51.4 Å². The second-order valence-corrected chi connectivity index (χ2v) is 12.8. The molecule has 2 heterocycles. The first-order valence-corrected chi connectivity index (χ1v) is 15.7. The summed E-state index contributed by atoms with van der Waals surface area (Å²) in [5.41, 5.74) is 5.63. The summed E-state index contributed by atoms with van der Waals surface area (Å²) >= 11 is 0. The number of aromatic nitrogens is 2. The van der Waals surface area contributed by atoms with E-state index < -0.39 is 11.6 Å². The molecule has 8 heteroatoms. The number of carbonyl (C=O) groups excluding carboxylic acids is 3. The lowest BCUT2D eigenvalue weighted by molar-refractivity contribution is -0.147. The van der Waals surface area contributed by atoms with Gasteiger partial charge in [0.25, 0.3) is 0 Å². The molecule has 0 N–H and O–H groups in total. The van der Waals surface area contributed by atoms with E-state index in [0.29, 0.717) is 35.4 Å². The Hall–Kier alpha value is -5.24. The Balaban J connectivity index is 1.26. The minimum Gasteiger partial charge on any atom is -0.495 e. The van der Waals surface area contributed by atoms with Gasteiger partial charge in [0.15, 0.2) is 5.78 Å². The molecule has 0 aliphatic carbocycles. The maximum Gasteiger partial charge on any atom is 0.338 e. The van der Waals surface area contributed by atoms with Crippen molar-refractivity contribution in [2.45, 2.75) is 59.1 Å². The average molecular weight is 632 g/mol. The highest BCUT2D eigenvalue weighted by Gasteiger charge is 2.28. The van der Waals surface area contributed by atoms with Gasteiger partial charge in [0.2, 0.25) is 5.91 Å². The van der Waals surface area contributed by atoms with E-state index >= 15 is 0 Å². The van der Waals surface area contributed by atoms with Crippen molar-refractivity contribution in [1.82, 2.24) is 14.5 Å². The summed E-state index contributed by atoms with van der Waals surface area (Å²) in [7, 11) is 1.63. The smallest absolute Gasteiger partial charge is 0.338 e. The van der Waals surface area contributed by atoms with Gasteiger partial charge in [0, 0.05) is 29.4 Å². The van der Waals surface area contributed by atoms with Crippen LogP contribution >= 0.6 is 0 Å². The Morgan fingerprint density at radius 1 is 0.979 bits per heavy atom. The van der Waals surface area contributed by atoms with Crippen molar-refractivity contribution in [2.24, 2.45) is 0 Å². The fraction of sp³-hybridized carbons (Fsp3) is 0.282. The van der Waals surface area contributed by atoms with Crippen molar-refractivity contribution in [3.05, 3.63) is 125 Å². The van der Waals surface area contributed by atoms with Crippen molar-refractivity contribution < 1.29 is 23.9 Å². The van der Waals surface area contributed by atoms with Gasteiger partial charge in [-0.15, -0.1) is 0 Å². The lowest BCUT2D eigenvalue weighted by Gasteiger charge is -2.34. The third-order valence-electron chi connectivity index (χ3n) is 8.18. The van der Waals surface area contributed by atoms with Gasteiger partial charge in [-0.05, 0) is 82.4 Å². The minimum absolute atomic E-state index is 0.00485. The number of ether oxygens (including phenoxy) is 2. The van der Waals surface area contributed by atoms with E-state index in [1.54, 1.807) is 70.6 Å². The molecular weight excluding hydrogens is 590 g/mol. The van der Waals surface area contributed by atoms with Crippen molar-refractivity contribution in [3.63, 3.8) is 0 Å². The largest absolute Gasteiger partial charge is 0.495 e. The molecule has 242 valence electrons. The second kappa shape index (κ2) is 13.6. The third kappa shape index (κ3) is 7.60. The summed E-state index contributed by atoms with van der Waals surface area (Å²) < 4.78 is 13.0. The second-order valence-electron chi connectivity index (χ2n) is 12.8. The van der Waals surface area contributed by atoms with Gasteiger partial charge < -0.3 is 18.9 Å². The van der Waals surface area contributed by atoms with Crippen LogP contribution in [0.15, 0.2) is 91.4 Å². The molecule has 0 bridgehead atoms. The lowest BCUT2D eigenvalue weighted by atomic mass is 9.95. The molecule has 3 aromatic carbocycles. The van der Waals surface area contributed by atoms with Gasteiger partial charge in [-0.25, -0.2) is 9.78 Å². The number of benzene rings is 3. The zero-order chi connectivity index (χ0) is 33.9. The highest BCUT2D eigenvalue weighted by atomic mass is 16.6. The number of esters is 1. The molecule has 1 amide bonds. The van der Waals surface area contributed by atoms with Crippen LogP contribution in [0.1, 0.15) is 84.9 Å². The van der Waals surface area contributed by atoms with Gasteiger partial charge in [-0.1, -0.05) is 61.2 Å². The van der Waals surface area contributed by atoms with E-state index in [2.05, 4.69) is 11.6 Å². The Bertz CT molecular complexity index is 1840. The molecule has 8 nitrogen and oxygen atoms in total. The number of aryl methyl sites for hydroxylation is 1. The number of rotatable bonds is 9. The number of likely N-dealkylation sites (tertiary alicyclic amines) is 1. The molecule has 4 aromatic rings. The Labute approximate surface area is 276 Å². The predicted molar refractivity (Wildman–Crippen MR) is 183 cm³/mol. The monoisotopic (exact) mass is 631 g/mol. The molecule has 5 rings (SSSR count). The molecule has 0 spiro atoms. The number of carbonyl (C=O) groups is 3. The van der Waals surface area contributed by atoms with E-state index in [-0.39, 0.29) is 23.3 Å². The first kappa shape index (κ1) is 33.1. The Kier molecular flexibility index (Phi) is 9.61. The molecular formula is C39H41N3O5. The summed E-state index contributed by atoms with van der Waals surface area (Å²) in [5.74, 6) is 0.0708. The first-order valence-electron chi connectivity index (χ1n) is 15.7. The standard InChI is InChI=1S/C39H41N3O5/c1-25-23-41(24-40-25)34-19-10-28(22-35(34)46-7)21-33-9-8-20-42(37(33)44)27(3)30-13-17-32(18-14-30)36(43)31-15-11-29(12-16-31)26(2)38(45)47-39(4,5)6/h10-19,21-24,27H,2,8-9,20H2,1,3-7H3/b33-21+/t27-/m0/s1. The summed E-state index contributed by atoms with van der Waals surface area (Å²) in [4.78, 5) is 45.5. The predicted octanol–water partition coefficient (Wildman–Crippen LogP) is 7.54.